The predicted molar refractivity (Wildman–Crippen MR) is 144 cm³/mol. The van der Waals surface area contributed by atoms with Gasteiger partial charge in [0.25, 0.3) is 10.0 Å². The molecule has 0 bridgehead atoms. The van der Waals surface area contributed by atoms with Crippen molar-refractivity contribution in [2.24, 2.45) is 0 Å². The molecular weight excluding hydrogens is 587 g/mol. The number of sulfonamides is 1. The molecule has 0 aliphatic heterocycles. The molecule has 40 heavy (non-hydrogen) atoms. The Balaban J connectivity index is 1.39. The van der Waals surface area contributed by atoms with Crippen LogP contribution in [0, 0.1) is 11.6 Å². The quantitative estimate of drug-likeness (QED) is 0.261. The van der Waals surface area contributed by atoms with E-state index in [2.05, 4.69) is 39.9 Å². The van der Waals surface area contributed by atoms with Crippen LogP contribution in [0.4, 0.5) is 26.0 Å². The first-order valence-electron chi connectivity index (χ1n) is 11.2. The second-order valence-corrected chi connectivity index (χ2v) is 10.6. The van der Waals surface area contributed by atoms with Gasteiger partial charge in [0.05, 0.1) is 21.2 Å². The Morgan fingerprint density at radius 1 is 0.900 bits per heavy atom. The van der Waals surface area contributed by atoms with Crippen LogP contribution in [0.2, 0.25) is 10.0 Å². The van der Waals surface area contributed by atoms with Gasteiger partial charge in [0, 0.05) is 12.4 Å². The topological polar surface area (TPSA) is 140 Å². The highest BCUT2D eigenvalue weighted by molar-refractivity contribution is 7.92. The maximum absolute atomic E-state index is 15.5. The van der Waals surface area contributed by atoms with Crippen molar-refractivity contribution in [3.63, 3.8) is 0 Å². The van der Waals surface area contributed by atoms with Gasteiger partial charge in [0.15, 0.2) is 22.9 Å². The molecule has 0 spiro atoms. The van der Waals surface area contributed by atoms with Gasteiger partial charge < -0.3 is 5.32 Å². The molecule has 0 fully saturated rings. The molecule has 0 unspecified atom stereocenters. The number of aromatic nitrogens is 7. The zero-order chi connectivity index (χ0) is 28.0. The fourth-order valence-corrected chi connectivity index (χ4v) is 5.65. The second kappa shape index (κ2) is 9.89. The first-order valence-corrected chi connectivity index (χ1v) is 13.4. The van der Waals surface area contributed by atoms with Crippen molar-refractivity contribution in [2.75, 3.05) is 10.0 Å². The van der Waals surface area contributed by atoms with Crippen LogP contribution in [0.3, 0.4) is 0 Å². The maximum atomic E-state index is 15.5. The average molecular weight is 600 g/mol. The van der Waals surface area contributed by atoms with E-state index in [-0.39, 0.29) is 26.3 Å². The van der Waals surface area contributed by atoms with Crippen LogP contribution < -0.4 is 10.0 Å². The van der Waals surface area contributed by atoms with Gasteiger partial charge in [-0.1, -0.05) is 29.3 Å². The summed E-state index contributed by atoms with van der Waals surface area (Å²) >= 11 is 12.0. The number of halogens is 4. The molecule has 2 aromatic carbocycles. The lowest BCUT2D eigenvalue weighted by molar-refractivity contribution is 0.588. The number of benzene rings is 2. The van der Waals surface area contributed by atoms with E-state index in [4.69, 9.17) is 23.2 Å². The van der Waals surface area contributed by atoms with Crippen molar-refractivity contribution < 1.29 is 17.2 Å². The molecule has 0 amide bonds. The molecule has 0 aliphatic rings. The van der Waals surface area contributed by atoms with Gasteiger partial charge >= 0.3 is 0 Å². The van der Waals surface area contributed by atoms with Crippen molar-refractivity contribution in [2.45, 2.75) is 4.90 Å². The minimum absolute atomic E-state index is 0.00952. The van der Waals surface area contributed by atoms with Gasteiger partial charge in [-0.15, -0.1) is 0 Å². The summed E-state index contributed by atoms with van der Waals surface area (Å²) in [6.45, 7) is 0. The number of imidazole rings is 1. The average Bonchev–Trinajstić information content (AvgIpc) is 3.38. The monoisotopic (exact) mass is 599 g/mol. The summed E-state index contributed by atoms with van der Waals surface area (Å²) in [7, 11) is -4.39. The molecule has 6 aromatic rings. The molecule has 0 aliphatic carbocycles. The molecule has 11 nitrogen and oxygen atoms in total. The lowest BCUT2D eigenvalue weighted by Gasteiger charge is -2.15. The number of fused-ring (bicyclic) bond motifs is 2. The largest absolute Gasteiger partial charge is 0.333 e. The molecule has 16 heteroatoms. The van der Waals surface area contributed by atoms with E-state index in [0.717, 1.165) is 12.1 Å². The molecule has 4 heterocycles. The fraction of sp³-hybridized carbons (Fsp3) is 0. The van der Waals surface area contributed by atoms with Crippen LogP contribution in [-0.4, -0.2) is 42.9 Å². The Morgan fingerprint density at radius 3 is 2.58 bits per heavy atom. The van der Waals surface area contributed by atoms with Gasteiger partial charge in [0.2, 0.25) is 0 Å². The van der Waals surface area contributed by atoms with Crippen LogP contribution in [0.25, 0.3) is 28.1 Å². The fourth-order valence-electron chi connectivity index (χ4n) is 3.83. The molecule has 0 saturated carbocycles. The van der Waals surface area contributed by atoms with Gasteiger partial charge in [-0.25, -0.2) is 47.1 Å². The summed E-state index contributed by atoms with van der Waals surface area (Å²) in [5, 5.41) is 2.32. The molecule has 0 atom stereocenters. The SMILES string of the molecule is O=S(=O)(Nc1ccc(F)c(Nc2ncnc3ccc(-n4cnc5nccnc54)nc23)c1F)c1cccc(Cl)c1Cl. The van der Waals surface area contributed by atoms with E-state index in [9.17, 15) is 12.8 Å². The van der Waals surface area contributed by atoms with Crippen molar-refractivity contribution in [3.8, 4) is 5.82 Å². The number of rotatable bonds is 6. The Morgan fingerprint density at radius 2 is 1.73 bits per heavy atom. The zero-order valence-electron chi connectivity index (χ0n) is 19.7. The first-order chi connectivity index (χ1) is 19.2. The third kappa shape index (κ3) is 4.51. The van der Waals surface area contributed by atoms with Crippen LogP contribution in [0.1, 0.15) is 0 Å². The van der Waals surface area contributed by atoms with Crippen LogP contribution in [0.5, 0.6) is 0 Å². The van der Waals surface area contributed by atoms with Gasteiger partial charge in [0.1, 0.15) is 40.4 Å². The van der Waals surface area contributed by atoms with Crippen LogP contribution >= 0.6 is 23.2 Å². The summed E-state index contributed by atoms with van der Waals surface area (Å²) in [5.74, 6) is -1.92. The van der Waals surface area contributed by atoms with Crippen LogP contribution in [0.15, 0.2) is 72.4 Å². The summed E-state index contributed by atoms with van der Waals surface area (Å²) in [5.41, 5.74) is 0.150. The molecular formula is C24H13Cl2F2N9O2S. The van der Waals surface area contributed by atoms with Crippen molar-refractivity contribution >= 4 is 72.7 Å². The third-order valence-electron chi connectivity index (χ3n) is 5.68. The van der Waals surface area contributed by atoms with Gasteiger partial charge in [-0.05, 0) is 36.4 Å². The molecule has 200 valence electrons. The zero-order valence-corrected chi connectivity index (χ0v) is 22.0. The Bertz CT molecular complexity index is 2060. The summed E-state index contributed by atoms with van der Waals surface area (Å²) in [6.07, 6.45) is 5.68. The summed E-state index contributed by atoms with van der Waals surface area (Å²) in [4.78, 5) is 25.0. The van der Waals surface area contributed by atoms with E-state index in [1.54, 1.807) is 16.7 Å². The number of nitrogens with one attached hydrogen (secondary N) is 2. The summed E-state index contributed by atoms with van der Waals surface area (Å²) < 4.78 is 59.9. The molecule has 4 aromatic heterocycles. The van der Waals surface area contributed by atoms with Crippen molar-refractivity contribution in [1.29, 1.82) is 0 Å². The minimum atomic E-state index is -4.39. The van der Waals surface area contributed by atoms with Gasteiger partial charge in [-0.2, -0.15) is 0 Å². The lowest BCUT2D eigenvalue weighted by Crippen LogP contribution is -2.15. The standard InChI is InChI=1S/C24H13Cl2F2N9O2S/c25-12-2-1-3-16(18(12)26)40(38,39)36-14-5-4-13(27)20(19(14)28)35-22-21-15(31-10-32-22)6-7-17(34-21)37-11-33-23-24(37)30-9-8-29-23/h1-11,36H,(H,31,32,35). The first kappa shape index (κ1) is 25.7. The number of nitrogens with zero attached hydrogens (tertiary/aromatic N) is 7. The Hall–Kier alpha value is -4.53. The highest BCUT2D eigenvalue weighted by Gasteiger charge is 2.24. The molecule has 6 rings (SSSR count). The normalized spacial score (nSPS) is 11.7. The van der Waals surface area contributed by atoms with E-state index < -0.39 is 33.0 Å². The second-order valence-electron chi connectivity index (χ2n) is 8.14. The number of hydrogen-bond acceptors (Lipinski definition) is 9. The lowest BCUT2D eigenvalue weighted by atomic mass is 10.2. The van der Waals surface area contributed by atoms with Crippen molar-refractivity contribution in [1.82, 2.24) is 34.5 Å². The highest BCUT2D eigenvalue weighted by atomic mass is 35.5. The number of hydrogen-bond donors (Lipinski definition) is 2. The smallest absolute Gasteiger partial charge is 0.263 e. The molecule has 0 saturated heterocycles. The van der Waals surface area contributed by atoms with E-state index in [1.807, 2.05) is 0 Å². The van der Waals surface area contributed by atoms with Crippen LogP contribution in [-0.2, 0) is 10.0 Å². The van der Waals surface area contributed by atoms with E-state index in [1.165, 1.54) is 43.2 Å². The minimum Gasteiger partial charge on any atom is -0.333 e. The summed E-state index contributed by atoms with van der Waals surface area (Å²) in [6, 6.07) is 9.09. The van der Waals surface area contributed by atoms with E-state index in [0.29, 0.717) is 22.6 Å². The Labute approximate surface area is 234 Å². The Kier molecular flexibility index (Phi) is 6.37. The predicted octanol–water partition coefficient (Wildman–Crippen LogP) is 5.28. The molecule has 0 radical (unpaired) electrons. The van der Waals surface area contributed by atoms with Crippen molar-refractivity contribution in [3.05, 3.63) is 89.2 Å². The molecule has 2 N–H and O–H groups in total. The number of anilines is 3. The van der Waals surface area contributed by atoms with Gasteiger partial charge in [-0.3, -0.25) is 9.29 Å². The maximum Gasteiger partial charge on any atom is 0.263 e. The highest BCUT2D eigenvalue weighted by Crippen LogP contribution is 2.34. The third-order valence-corrected chi connectivity index (χ3v) is 8.02. The number of pyridine rings is 1. The van der Waals surface area contributed by atoms with E-state index >= 15 is 4.39 Å².